The first kappa shape index (κ1) is 58.7. The summed E-state index contributed by atoms with van der Waals surface area (Å²) in [5.41, 5.74) is 3.95. The van der Waals surface area contributed by atoms with Crippen LogP contribution in [0, 0.1) is 13.8 Å². The molecule has 0 aliphatic carbocycles. The maximum absolute atomic E-state index is 15.0. The lowest BCUT2D eigenvalue weighted by molar-refractivity contribution is -0.161. The Morgan fingerprint density at radius 3 is 1.08 bits per heavy atom. The summed E-state index contributed by atoms with van der Waals surface area (Å²) in [4.78, 5) is 58.1. The first-order chi connectivity index (χ1) is 39.9. The number of carbonyl (C=O) groups is 2. The van der Waals surface area contributed by atoms with E-state index in [9.17, 15) is 16.8 Å². The maximum atomic E-state index is 15.0. The number of fused-ring (bicyclic) bond motifs is 2. The molecule has 0 atom stereocenters. The van der Waals surface area contributed by atoms with Crippen LogP contribution in [0.5, 0.6) is 11.8 Å². The Kier molecular flexibility index (Phi) is 15.8. The van der Waals surface area contributed by atoms with Crippen LogP contribution in [0.2, 0.25) is 10.0 Å². The fourth-order valence-corrected chi connectivity index (χ4v) is 12.7. The lowest BCUT2D eigenvalue weighted by Crippen LogP contribution is -2.40. The van der Waals surface area contributed by atoms with Crippen LogP contribution < -0.4 is 9.47 Å². The van der Waals surface area contributed by atoms with E-state index in [0.717, 1.165) is 23.6 Å². The Bertz CT molecular complexity index is 4100. The molecule has 0 fully saturated rings. The molecule has 0 bridgehead atoms. The Morgan fingerprint density at radius 2 is 0.821 bits per heavy atom. The van der Waals surface area contributed by atoms with E-state index < -0.39 is 55.7 Å². The molecule has 0 saturated heterocycles. The predicted octanol–water partition coefficient (Wildman–Crippen LogP) is 8.80. The molecule has 4 aromatic carbocycles. The topological polar surface area (TPSA) is 236 Å². The van der Waals surface area contributed by atoms with Crippen molar-refractivity contribution in [3.8, 4) is 11.8 Å². The molecule has 6 heterocycles. The van der Waals surface area contributed by atoms with Crippen LogP contribution >= 0.6 is 23.2 Å². The molecule has 0 amide bonds. The predicted molar refractivity (Wildman–Crippen MR) is 315 cm³/mol. The molecule has 84 heavy (non-hydrogen) atoms. The summed E-state index contributed by atoms with van der Waals surface area (Å²) in [6.45, 7) is 3.70. The number of aromatic nitrogens is 10. The van der Waals surface area contributed by atoms with Crippen molar-refractivity contribution in [2.24, 2.45) is 28.2 Å². The molecule has 434 valence electrons. The highest BCUT2D eigenvalue weighted by Gasteiger charge is 2.48. The van der Waals surface area contributed by atoms with Crippen LogP contribution in [0.3, 0.4) is 0 Å². The molecule has 10 rings (SSSR count). The van der Waals surface area contributed by atoms with E-state index in [1.165, 1.54) is 38.5 Å². The quantitative estimate of drug-likeness (QED) is 0.0688. The Labute approximate surface area is 494 Å². The van der Waals surface area contributed by atoms with Gasteiger partial charge in [-0.05, 0) is 84.6 Å². The van der Waals surface area contributed by atoms with Crippen LogP contribution in [0.1, 0.15) is 80.1 Å². The van der Waals surface area contributed by atoms with Crippen molar-refractivity contribution in [1.82, 2.24) is 48.2 Å². The van der Waals surface area contributed by atoms with Gasteiger partial charge in [0.2, 0.25) is 23.0 Å². The van der Waals surface area contributed by atoms with E-state index in [4.69, 9.17) is 52.1 Å². The number of ether oxygens (including phenoxy) is 4. The SMILES string of the molecule is COc1nc2c(C)cc(C(OC(=O)CCC(=O)OC(c3cc(C)c4nc(OC)c(Cc5ccc(S(C)(=O)=O)cc5)c(Cl)c4c3)(c3cncn3C)c3cncn3C)(c3cncn3C)c3cncn3C)cc2c(Cl)c1Cc1ccc(S(C)(=O)=O)cc1. The molecule has 0 aliphatic rings. The zero-order valence-corrected chi connectivity index (χ0v) is 50.6. The number of hydrogen-bond donors (Lipinski definition) is 0. The van der Waals surface area contributed by atoms with E-state index >= 15 is 9.59 Å². The van der Waals surface area contributed by atoms with E-state index in [2.05, 4.69) is 19.9 Å². The van der Waals surface area contributed by atoms with Crippen LogP contribution in [0.15, 0.2) is 133 Å². The Morgan fingerprint density at radius 1 is 0.512 bits per heavy atom. The average molecular weight is 1210 g/mol. The summed E-state index contributed by atoms with van der Waals surface area (Å²) in [5.74, 6) is -1.03. The number of methoxy groups -OCH3 is 2. The maximum Gasteiger partial charge on any atom is 0.308 e. The number of esters is 2. The number of imidazole rings is 4. The van der Waals surface area contributed by atoms with E-state index in [0.29, 0.717) is 88.0 Å². The van der Waals surface area contributed by atoms with Crippen molar-refractivity contribution >= 4 is 76.6 Å². The van der Waals surface area contributed by atoms with Gasteiger partial charge in [-0.3, -0.25) is 9.59 Å². The van der Waals surface area contributed by atoms with Crippen LogP contribution in [0.25, 0.3) is 21.8 Å². The summed E-state index contributed by atoms with van der Waals surface area (Å²) in [6, 6.07) is 20.3. The number of hydrogen-bond acceptors (Lipinski definition) is 16. The second kappa shape index (κ2) is 22.6. The average Bonchev–Trinajstić information content (AvgIpc) is 2.78. The van der Waals surface area contributed by atoms with E-state index in [1.54, 1.807) is 133 Å². The summed E-state index contributed by atoms with van der Waals surface area (Å²) in [5, 5.41) is 1.61. The number of aryl methyl sites for hydroxylation is 6. The molecule has 10 aromatic rings. The smallest absolute Gasteiger partial charge is 0.308 e. The molecule has 6 aromatic heterocycles. The fraction of sp³-hybridized carbons (Fsp3) is 0.267. The minimum atomic E-state index is -3.45. The fourth-order valence-electron chi connectivity index (χ4n) is 10.8. The van der Waals surface area contributed by atoms with E-state index in [1.807, 2.05) is 26.0 Å². The second-order valence-corrected chi connectivity index (χ2v) is 25.5. The lowest BCUT2D eigenvalue weighted by Gasteiger charge is -2.35. The minimum absolute atomic E-state index is 0.171. The highest BCUT2D eigenvalue weighted by molar-refractivity contribution is 7.91. The molecular weight excluding hydrogens is 1160 g/mol. The van der Waals surface area contributed by atoms with E-state index in [-0.39, 0.29) is 34.4 Å². The number of nitrogens with zero attached hydrogens (tertiary/aromatic N) is 10. The molecule has 20 nitrogen and oxygen atoms in total. The van der Waals surface area contributed by atoms with Gasteiger partial charge in [0, 0.05) is 86.6 Å². The third kappa shape index (κ3) is 10.7. The van der Waals surface area contributed by atoms with Gasteiger partial charge in [0.1, 0.15) is 0 Å². The third-order valence-corrected chi connectivity index (χ3v) is 18.1. The van der Waals surface area contributed by atoms with Crippen molar-refractivity contribution in [3.05, 3.63) is 200 Å². The highest BCUT2D eigenvalue weighted by Crippen LogP contribution is 2.47. The lowest BCUT2D eigenvalue weighted by atomic mass is 9.84. The number of rotatable bonds is 19. The monoisotopic (exact) mass is 1210 g/mol. The van der Waals surface area contributed by atoms with Crippen LogP contribution in [-0.2, 0) is 91.0 Å². The van der Waals surface area contributed by atoms with Crippen molar-refractivity contribution in [1.29, 1.82) is 0 Å². The zero-order chi connectivity index (χ0) is 60.2. The van der Waals surface area contributed by atoms with Gasteiger partial charge >= 0.3 is 11.9 Å². The molecule has 0 N–H and O–H groups in total. The van der Waals surface area contributed by atoms with Gasteiger partial charge in [0.25, 0.3) is 0 Å². The van der Waals surface area contributed by atoms with Gasteiger partial charge in [-0.25, -0.2) is 46.7 Å². The molecule has 0 saturated carbocycles. The van der Waals surface area contributed by atoms with Gasteiger partial charge in [-0.15, -0.1) is 0 Å². The van der Waals surface area contributed by atoms with Gasteiger partial charge < -0.3 is 37.2 Å². The number of benzene rings is 4. The van der Waals surface area contributed by atoms with Crippen molar-refractivity contribution in [3.63, 3.8) is 0 Å². The molecular formula is C60H58Cl2N10O10S2. The minimum Gasteiger partial charge on any atom is -0.481 e. The summed E-state index contributed by atoms with van der Waals surface area (Å²) >= 11 is 14.8. The standard InChI is InChI=1S/C60H58Cl2N10O10S2/c1-35-21-39(25-43-53(61)45(57(79-7)67-55(35)43)23-37-11-15-41(16-12-37)83(9,75)76)59(47-27-63-31-69(47)3,48-28-64-32-70(48)4)81-51(73)19-20-52(74)82-60(49-29-65-33-71(49)5,50-30-66-34-72(50)6)40-22-36(2)56-44(26-40)54(62)46(58(68-56)80-8)24-38-13-17-42(18-14-38)84(10,77)78/h11-18,21-22,25-34H,19-20,23-24H2,1-10H3. The first-order valence-corrected chi connectivity index (χ1v) is 30.7. The molecule has 0 unspecified atom stereocenters. The molecule has 0 radical (unpaired) electrons. The normalized spacial score (nSPS) is 12.3. The van der Waals surface area contributed by atoms with Crippen LogP contribution in [0.4, 0.5) is 0 Å². The van der Waals surface area contributed by atoms with Gasteiger partial charge in [0.15, 0.2) is 19.7 Å². The highest BCUT2D eigenvalue weighted by atomic mass is 35.5. The van der Waals surface area contributed by atoms with Gasteiger partial charge in [0.05, 0.1) is 131 Å². The number of halogens is 2. The second-order valence-electron chi connectivity index (χ2n) is 20.8. The van der Waals surface area contributed by atoms with Crippen LogP contribution in [-0.4, -0.2) is 104 Å². The summed E-state index contributed by atoms with van der Waals surface area (Å²) < 4.78 is 81.4. The third-order valence-electron chi connectivity index (χ3n) is 15.0. The Balaban J connectivity index is 1.04. The largest absolute Gasteiger partial charge is 0.481 e. The zero-order valence-electron chi connectivity index (χ0n) is 47.5. The number of pyridine rings is 2. The summed E-state index contributed by atoms with van der Waals surface area (Å²) in [7, 11) is 3.18. The van der Waals surface area contributed by atoms with Gasteiger partial charge in [-0.2, -0.15) is 0 Å². The number of sulfone groups is 2. The van der Waals surface area contributed by atoms with Crippen molar-refractivity contribution in [2.45, 2.75) is 60.5 Å². The van der Waals surface area contributed by atoms with Crippen molar-refractivity contribution < 1.29 is 45.4 Å². The molecule has 24 heteroatoms. The number of carbonyl (C=O) groups excluding carboxylic acids is 2. The Hall–Kier alpha value is -8.44. The molecule has 0 spiro atoms. The molecule has 0 aliphatic heterocycles. The van der Waals surface area contributed by atoms with Gasteiger partial charge in [-0.1, -0.05) is 47.5 Å². The summed E-state index contributed by atoms with van der Waals surface area (Å²) in [6.07, 6.45) is 14.5. The van der Waals surface area contributed by atoms with Crippen molar-refractivity contribution in [2.75, 3.05) is 26.7 Å². The first-order valence-electron chi connectivity index (χ1n) is 26.1.